The second-order valence-electron chi connectivity index (χ2n) is 7.17. The summed E-state index contributed by atoms with van der Waals surface area (Å²) in [5.74, 6) is 0.936. The van der Waals surface area contributed by atoms with Crippen LogP contribution in [-0.2, 0) is 0 Å². The third-order valence-electron chi connectivity index (χ3n) is 5.33. The number of rotatable bonds is 4. The van der Waals surface area contributed by atoms with Crippen molar-refractivity contribution >= 4 is 23.1 Å². The molecule has 4 heterocycles. The summed E-state index contributed by atoms with van der Waals surface area (Å²) in [4.78, 5) is 18.1. The van der Waals surface area contributed by atoms with Crippen molar-refractivity contribution < 1.29 is 4.79 Å². The van der Waals surface area contributed by atoms with E-state index in [1.54, 1.807) is 11.3 Å². The van der Waals surface area contributed by atoms with Gasteiger partial charge in [-0.3, -0.25) is 4.79 Å². The minimum atomic E-state index is 0.0767. The number of thiophene rings is 1. The van der Waals surface area contributed by atoms with Gasteiger partial charge < -0.3 is 14.4 Å². The van der Waals surface area contributed by atoms with E-state index in [4.69, 9.17) is 0 Å². The molecule has 0 unspecified atom stereocenters. The summed E-state index contributed by atoms with van der Waals surface area (Å²) in [6.07, 6.45) is 3.98. The fourth-order valence-corrected chi connectivity index (χ4v) is 4.34. The molecule has 4 aromatic rings. The number of benzene rings is 1. The van der Waals surface area contributed by atoms with E-state index < -0.39 is 0 Å². The number of carbonyl (C=O) groups is 1. The number of anilines is 1. The molecule has 0 radical (unpaired) electrons. The number of piperazine rings is 1. The van der Waals surface area contributed by atoms with Crippen molar-refractivity contribution in [1.29, 1.82) is 0 Å². The number of hydrogen-bond acceptors (Lipinski definition) is 5. The van der Waals surface area contributed by atoms with Gasteiger partial charge in [-0.05, 0) is 60.0 Å². The maximum absolute atomic E-state index is 12.9. The lowest BCUT2D eigenvalue weighted by atomic mass is 10.1. The largest absolute Gasteiger partial charge is 0.352 e. The lowest BCUT2D eigenvalue weighted by Gasteiger charge is -2.35. The molecule has 0 bridgehead atoms. The van der Waals surface area contributed by atoms with Crippen molar-refractivity contribution in [3.05, 3.63) is 84.0 Å². The Labute approximate surface area is 179 Å². The van der Waals surface area contributed by atoms with E-state index in [1.165, 1.54) is 0 Å². The SMILES string of the molecule is O=C(c1ccc(-n2cccc2)cc1)N1CCN(c2ccc(-c3cccs3)nn2)CC1. The fraction of sp³-hybridized carbons (Fsp3) is 0.174. The molecular weight excluding hydrogens is 394 g/mol. The van der Waals surface area contributed by atoms with Crippen molar-refractivity contribution in [3.63, 3.8) is 0 Å². The van der Waals surface area contributed by atoms with Gasteiger partial charge in [0.15, 0.2) is 5.82 Å². The van der Waals surface area contributed by atoms with Gasteiger partial charge in [-0.2, -0.15) is 0 Å². The molecule has 0 atom stereocenters. The zero-order valence-corrected chi connectivity index (χ0v) is 17.2. The number of amides is 1. The van der Waals surface area contributed by atoms with Gasteiger partial charge in [-0.1, -0.05) is 6.07 Å². The molecule has 1 aliphatic rings. The average molecular weight is 416 g/mol. The van der Waals surface area contributed by atoms with Crippen LogP contribution in [0.25, 0.3) is 16.3 Å². The first kappa shape index (κ1) is 18.6. The minimum absolute atomic E-state index is 0.0767. The summed E-state index contributed by atoms with van der Waals surface area (Å²) in [6, 6.07) is 19.8. The quantitative estimate of drug-likeness (QED) is 0.506. The minimum Gasteiger partial charge on any atom is -0.352 e. The van der Waals surface area contributed by atoms with E-state index >= 15 is 0 Å². The summed E-state index contributed by atoms with van der Waals surface area (Å²) in [5, 5.41) is 10.8. The standard InChI is InChI=1S/C23H21N5OS/c29-23(18-5-7-19(8-6-18)26-11-1-2-12-26)28-15-13-27(14-16-28)22-10-9-20(24-25-22)21-4-3-17-30-21/h1-12,17H,13-16H2. The molecule has 1 amide bonds. The normalized spacial score (nSPS) is 14.1. The van der Waals surface area contributed by atoms with E-state index in [9.17, 15) is 4.79 Å². The molecule has 1 fully saturated rings. The molecule has 30 heavy (non-hydrogen) atoms. The van der Waals surface area contributed by atoms with Crippen LogP contribution in [0, 0.1) is 0 Å². The van der Waals surface area contributed by atoms with Crippen molar-refractivity contribution in [2.45, 2.75) is 0 Å². The molecule has 5 rings (SSSR count). The van der Waals surface area contributed by atoms with Crippen molar-refractivity contribution in [2.24, 2.45) is 0 Å². The highest BCUT2D eigenvalue weighted by molar-refractivity contribution is 7.13. The summed E-state index contributed by atoms with van der Waals surface area (Å²) < 4.78 is 2.03. The molecule has 1 aliphatic heterocycles. The van der Waals surface area contributed by atoms with Gasteiger partial charge in [0.1, 0.15) is 5.69 Å². The van der Waals surface area contributed by atoms with Crippen LogP contribution in [0.5, 0.6) is 0 Å². The smallest absolute Gasteiger partial charge is 0.253 e. The molecule has 0 saturated carbocycles. The van der Waals surface area contributed by atoms with Crippen LogP contribution >= 0.6 is 11.3 Å². The Bertz CT molecular complexity index is 1100. The number of nitrogens with zero attached hydrogens (tertiary/aromatic N) is 5. The van der Waals surface area contributed by atoms with E-state index in [-0.39, 0.29) is 5.91 Å². The zero-order valence-electron chi connectivity index (χ0n) is 16.4. The second-order valence-corrected chi connectivity index (χ2v) is 8.12. The van der Waals surface area contributed by atoms with Gasteiger partial charge in [0.05, 0.1) is 4.88 Å². The molecule has 0 spiro atoms. The first-order valence-corrected chi connectivity index (χ1v) is 10.8. The van der Waals surface area contributed by atoms with Crippen LogP contribution in [0.3, 0.4) is 0 Å². The summed E-state index contributed by atoms with van der Waals surface area (Å²) >= 11 is 1.66. The lowest BCUT2D eigenvalue weighted by Crippen LogP contribution is -2.49. The predicted octanol–water partition coefficient (Wildman–Crippen LogP) is 3.96. The van der Waals surface area contributed by atoms with Crippen LogP contribution < -0.4 is 4.90 Å². The van der Waals surface area contributed by atoms with Crippen molar-refractivity contribution in [3.8, 4) is 16.3 Å². The number of aromatic nitrogens is 3. The lowest BCUT2D eigenvalue weighted by molar-refractivity contribution is 0.0746. The fourth-order valence-electron chi connectivity index (χ4n) is 3.65. The molecule has 1 saturated heterocycles. The van der Waals surface area contributed by atoms with Crippen LogP contribution in [0.4, 0.5) is 5.82 Å². The zero-order chi connectivity index (χ0) is 20.3. The molecule has 6 nitrogen and oxygen atoms in total. The highest BCUT2D eigenvalue weighted by atomic mass is 32.1. The highest BCUT2D eigenvalue weighted by Crippen LogP contribution is 2.23. The van der Waals surface area contributed by atoms with E-state index in [0.29, 0.717) is 13.1 Å². The van der Waals surface area contributed by atoms with Crippen molar-refractivity contribution in [2.75, 3.05) is 31.1 Å². The third-order valence-corrected chi connectivity index (χ3v) is 6.22. The van der Waals surface area contributed by atoms with Crippen LogP contribution in [0.2, 0.25) is 0 Å². The Hall–Kier alpha value is -3.45. The Morgan fingerprint density at radius 2 is 1.60 bits per heavy atom. The van der Waals surface area contributed by atoms with Crippen molar-refractivity contribution in [1.82, 2.24) is 19.7 Å². The molecule has 150 valence electrons. The van der Waals surface area contributed by atoms with Crippen LogP contribution in [0.1, 0.15) is 10.4 Å². The predicted molar refractivity (Wildman–Crippen MR) is 119 cm³/mol. The average Bonchev–Trinajstić information content (AvgIpc) is 3.54. The Morgan fingerprint density at radius 3 is 2.23 bits per heavy atom. The first-order valence-electron chi connectivity index (χ1n) is 9.93. The van der Waals surface area contributed by atoms with Gasteiger partial charge in [0, 0.05) is 49.8 Å². The van der Waals surface area contributed by atoms with E-state index in [0.717, 1.165) is 40.7 Å². The Kier molecular flexibility index (Phi) is 5.03. The third kappa shape index (κ3) is 3.71. The van der Waals surface area contributed by atoms with Gasteiger partial charge in [-0.15, -0.1) is 21.5 Å². The van der Waals surface area contributed by atoms with Gasteiger partial charge in [0.25, 0.3) is 5.91 Å². The van der Waals surface area contributed by atoms with Gasteiger partial charge >= 0.3 is 0 Å². The molecule has 0 aliphatic carbocycles. The Balaban J connectivity index is 1.21. The highest BCUT2D eigenvalue weighted by Gasteiger charge is 2.23. The molecule has 3 aromatic heterocycles. The van der Waals surface area contributed by atoms with Crippen LogP contribution in [0.15, 0.2) is 78.4 Å². The van der Waals surface area contributed by atoms with E-state index in [2.05, 4.69) is 15.1 Å². The summed E-state index contributed by atoms with van der Waals surface area (Å²) in [5.41, 5.74) is 2.66. The van der Waals surface area contributed by atoms with E-state index in [1.807, 2.05) is 87.9 Å². The van der Waals surface area contributed by atoms with Gasteiger partial charge in [0.2, 0.25) is 0 Å². The maximum Gasteiger partial charge on any atom is 0.253 e. The molecular formula is C23H21N5OS. The summed E-state index contributed by atoms with van der Waals surface area (Å²) in [7, 11) is 0. The Morgan fingerprint density at radius 1 is 0.833 bits per heavy atom. The second kappa shape index (κ2) is 8.12. The maximum atomic E-state index is 12.9. The van der Waals surface area contributed by atoms with Crippen LogP contribution in [-0.4, -0.2) is 51.8 Å². The summed E-state index contributed by atoms with van der Waals surface area (Å²) in [6.45, 7) is 2.85. The van der Waals surface area contributed by atoms with Gasteiger partial charge in [-0.25, -0.2) is 0 Å². The number of hydrogen-bond donors (Lipinski definition) is 0. The molecule has 1 aromatic carbocycles. The molecule has 7 heteroatoms. The number of carbonyl (C=O) groups excluding carboxylic acids is 1. The molecule has 0 N–H and O–H groups in total. The topological polar surface area (TPSA) is 54.3 Å². The monoisotopic (exact) mass is 415 g/mol. The first-order chi connectivity index (χ1) is 14.8.